The third kappa shape index (κ3) is 3.45. The Balaban J connectivity index is 1.90. The van der Waals surface area contributed by atoms with E-state index in [1.54, 1.807) is 13.2 Å². The first kappa shape index (κ1) is 19.8. The number of benzene rings is 1. The van der Waals surface area contributed by atoms with E-state index in [0.29, 0.717) is 15.4 Å². The Bertz CT molecular complexity index is 1110. The zero-order chi connectivity index (χ0) is 20.6. The Labute approximate surface area is 166 Å². The van der Waals surface area contributed by atoms with Gasteiger partial charge in [-0.2, -0.15) is 0 Å². The van der Waals surface area contributed by atoms with Crippen LogP contribution >= 0.6 is 11.3 Å². The maximum absolute atomic E-state index is 12.6. The van der Waals surface area contributed by atoms with Gasteiger partial charge in [0.05, 0.1) is 30.2 Å². The number of carbonyl (C=O) groups is 3. The lowest BCUT2D eigenvalue weighted by Crippen LogP contribution is -2.16. The van der Waals surface area contributed by atoms with Gasteiger partial charge in [-0.25, -0.2) is 4.79 Å². The number of amides is 1. The highest BCUT2D eigenvalue weighted by Crippen LogP contribution is 2.34. The molecule has 0 aliphatic rings. The van der Waals surface area contributed by atoms with Gasteiger partial charge in [-0.05, 0) is 44.4 Å². The van der Waals surface area contributed by atoms with Gasteiger partial charge < -0.3 is 14.5 Å². The van der Waals surface area contributed by atoms with E-state index < -0.39 is 5.97 Å². The summed E-state index contributed by atoms with van der Waals surface area (Å²) in [6.07, 6.45) is 1.67. The summed E-state index contributed by atoms with van der Waals surface area (Å²) >= 11 is 1.08. The maximum Gasteiger partial charge on any atom is 0.341 e. The van der Waals surface area contributed by atoms with Crippen LogP contribution in [-0.2, 0) is 16.0 Å². The highest BCUT2D eigenvalue weighted by atomic mass is 32.1. The largest absolute Gasteiger partial charge is 0.465 e. The highest BCUT2D eigenvalue weighted by molar-refractivity contribution is 7.18. The van der Waals surface area contributed by atoms with Gasteiger partial charge >= 0.3 is 5.97 Å². The number of aryl methyl sites for hydroxylation is 2. The molecule has 1 aromatic carbocycles. The Kier molecular flexibility index (Phi) is 5.38. The molecule has 3 rings (SSSR count). The molecule has 28 heavy (non-hydrogen) atoms. The molecule has 2 heterocycles. The van der Waals surface area contributed by atoms with E-state index in [4.69, 9.17) is 9.15 Å². The molecule has 0 radical (unpaired) electrons. The quantitative estimate of drug-likeness (QED) is 0.501. The van der Waals surface area contributed by atoms with Crippen LogP contribution in [0.5, 0.6) is 0 Å². The standard InChI is InChI=1S/C21H21NO5S/c1-10-6-7-15-14(9-27-18(15)11(10)2)8-16(24)22-20-17(21(25)26-5)12(3)19(28-20)13(4)23/h6-7,9H,8H2,1-5H3,(H,22,24). The van der Waals surface area contributed by atoms with E-state index in [2.05, 4.69) is 5.32 Å². The minimum Gasteiger partial charge on any atom is -0.465 e. The molecule has 0 bridgehead atoms. The SMILES string of the molecule is COC(=O)c1c(NC(=O)Cc2coc3c(C)c(C)ccc23)sc(C(C)=O)c1C. The Hall–Kier alpha value is -2.93. The molecule has 0 aliphatic heterocycles. The molecule has 7 heteroatoms. The second kappa shape index (κ2) is 7.59. The van der Waals surface area contributed by atoms with Crippen LogP contribution in [0, 0.1) is 20.8 Å². The van der Waals surface area contributed by atoms with Gasteiger partial charge in [0.1, 0.15) is 10.6 Å². The minimum absolute atomic E-state index is 0.0858. The van der Waals surface area contributed by atoms with Crippen LogP contribution in [0.2, 0.25) is 0 Å². The molecule has 2 aromatic heterocycles. The number of nitrogens with one attached hydrogen (secondary N) is 1. The van der Waals surface area contributed by atoms with Crippen molar-refractivity contribution in [2.45, 2.75) is 34.1 Å². The second-order valence-electron chi connectivity index (χ2n) is 6.68. The summed E-state index contributed by atoms with van der Waals surface area (Å²) in [7, 11) is 1.26. The molecule has 1 amide bonds. The number of rotatable bonds is 5. The molecule has 0 saturated carbocycles. The first-order chi connectivity index (χ1) is 13.2. The van der Waals surface area contributed by atoms with Crippen molar-refractivity contribution in [3.8, 4) is 0 Å². The fraction of sp³-hybridized carbons (Fsp3) is 0.286. The summed E-state index contributed by atoms with van der Waals surface area (Å²) in [6, 6.07) is 3.93. The number of fused-ring (bicyclic) bond motifs is 1. The molecule has 6 nitrogen and oxygen atoms in total. The van der Waals surface area contributed by atoms with Crippen LogP contribution < -0.4 is 5.32 Å². The van der Waals surface area contributed by atoms with Crippen molar-refractivity contribution < 1.29 is 23.5 Å². The molecule has 0 aliphatic carbocycles. The van der Waals surface area contributed by atoms with Crippen molar-refractivity contribution in [2.75, 3.05) is 12.4 Å². The van der Waals surface area contributed by atoms with Gasteiger partial charge in [0.15, 0.2) is 5.78 Å². The van der Waals surface area contributed by atoms with Gasteiger partial charge in [-0.15, -0.1) is 11.3 Å². The Morgan fingerprint density at radius 3 is 2.50 bits per heavy atom. The van der Waals surface area contributed by atoms with Crippen LogP contribution in [0.1, 0.15) is 49.2 Å². The lowest BCUT2D eigenvalue weighted by Gasteiger charge is -2.06. The van der Waals surface area contributed by atoms with E-state index in [0.717, 1.165) is 39.0 Å². The summed E-state index contributed by atoms with van der Waals surface area (Å²) < 4.78 is 10.5. The van der Waals surface area contributed by atoms with Gasteiger partial charge in [0.2, 0.25) is 5.91 Å². The van der Waals surface area contributed by atoms with E-state index in [1.165, 1.54) is 14.0 Å². The third-order valence-corrected chi connectivity index (χ3v) is 6.11. The van der Waals surface area contributed by atoms with Crippen LogP contribution in [0.25, 0.3) is 11.0 Å². The number of Topliss-reactive ketones (excluding diaryl/α,β-unsaturated/α-hetero) is 1. The topological polar surface area (TPSA) is 85.6 Å². The zero-order valence-electron chi connectivity index (χ0n) is 16.4. The number of hydrogen-bond donors (Lipinski definition) is 1. The molecule has 146 valence electrons. The number of furan rings is 1. The molecular weight excluding hydrogens is 378 g/mol. The number of carbonyl (C=O) groups excluding carboxylic acids is 3. The monoisotopic (exact) mass is 399 g/mol. The van der Waals surface area contributed by atoms with Gasteiger partial charge in [-0.3, -0.25) is 9.59 Å². The summed E-state index contributed by atoms with van der Waals surface area (Å²) in [4.78, 5) is 37.0. The van der Waals surface area contributed by atoms with Crippen molar-refractivity contribution in [1.82, 2.24) is 0 Å². The van der Waals surface area contributed by atoms with Crippen molar-refractivity contribution in [1.29, 1.82) is 0 Å². The predicted molar refractivity (Wildman–Crippen MR) is 108 cm³/mol. The van der Waals surface area contributed by atoms with Gasteiger partial charge in [-0.1, -0.05) is 12.1 Å². The normalized spacial score (nSPS) is 10.9. The van der Waals surface area contributed by atoms with Gasteiger partial charge in [0, 0.05) is 10.9 Å². The van der Waals surface area contributed by atoms with Crippen molar-refractivity contribution in [3.05, 3.63) is 51.1 Å². The van der Waals surface area contributed by atoms with Crippen molar-refractivity contribution in [2.24, 2.45) is 0 Å². The zero-order valence-corrected chi connectivity index (χ0v) is 17.2. The second-order valence-corrected chi connectivity index (χ2v) is 7.70. The molecule has 0 atom stereocenters. The number of anilines is 1. The number of methoxy groups -OCH3 is 1. The summed E-state index contributed by atoms with van der Waals surface area (Å²) in [6.45, 7) is 7.08. The average Bonchev–Trinajstić information content (AvgIpc) is 3.19. The Morgan fingerprint density at radius 2 is 1.86 bits per heavy atom. The number of ether oxygens (including phenoxy) is 1. The average molecular weight is 399 g/mol. The van der Waals surface area contributed by atoms with Crippen LogP contribution in [0.3, 0.4) is 0 Å². The van der Waals surface area contributed by atoms with E-state index in [1.807, 2.05) is 26.0 Å². The Morgan fingerprint density at radius 1 is 1.14 bits per heavy atom. The number of hydrogen-bond acceptors (Lipinski definition) is 6. The lowest BCUT2D eigenvalue weighted by molar-refractivity contribution is -0.115. The van der Waals surface area contributed by atoms with E-state index in [-0.39, 0.29) is 23.7 Å². The molecule has 0 saturated heterocycles. The fourth-order valence-electron chi connectivity index (χ4n) is 3.15. The lowest BCUT2D eigenvalue weighted by atomic mass is 10.0. The molecular formula is C21H21NO5S. The van der Waals surface area contributed by atoms with Gasteiger partial charge in [0.25, 0.3) is 0 Å². The summed E-state index contributed by atoms with van der Waals surface area (Å²) in [5.74, 6) is -1.06. The van der Waals surface area contributed by atoms with Crippen LogP contribution in [-0.4, -0.2) is 24.8 Å². The molecule has 0 fully saturated rings. The van der Waals surface area contributed by atoms with Crippen LogP contribution in [0.15, 0.2) is 22.8 Å². The number of ketones is 1. The van der Waals surface area contributed by atoms with E-state index >= 15 is 0 Å². The highest BCUT2D eigenvalue weighted by Gasteiger charge is 2.25. The fourth-order valence-corrected chi connectivity index (χ4v) is 4.26. The van der Waals surface area contributed by atoms with E-state index in [9.17, 15) is 14.4 Å². The van der Waals surface area contributed by atoms with Crippen molar-refractivity contribution >= 4 is 45.0 Å². The minimum atomic E-state index is -0.587. The summed E-state index contributed by atoms with van der Waals surface area (Å²) in [5.41, 5.74) is 4.41. The number of esters is 1. The van der Waals surface area contributed by atoms with Crippen LogP contribution in [0.4, 0.5) is 5.00 Å². The maximum atomic E-state index is 12.6. The number of thiophene rings is 1. The predicted octanol–water partition coefficient (Wildman–Crippen LogP) is 4.59. The molecule has 0 unspecified atom stereocenters. The first-order valence-corrected chi connectivity index (χ1v) is 9.55. The first-order valence-electron chi connectivity index (χ1n) is 8.73. The molecule has 0 spiro atoms. The molecule has 3 aromatic rings. The third-order valence-electron chi connectivity index (χ3n) is 4.80. The smallest absolute Gasteiger partial charge is 0.341 e. The molecule has 1 N–H and O–H groups in total. The van der Waals surface area contributed by atoms with Crippen molar-refractivity contribution in [3.63, 3.8) is 0 Å². The summed E-state index contributed by atoms with van der Waals surface area (Å²) in [5, 5.41) is 3.96.